The number of carboxylic acid groups (broad SMARTS) is 1. The summed E-state index contributed by atoms with van der Waals surface area (Å²) in [4.78, 5) is 27.2. The van der Waals surface area contributed by atoms with Gasteiger partial charge >= 0.3 is 5.97 Å². The van der Waals surface area contributed by atoms with Crippen LogP contribution in [0.15, 0.2) is 65.8 Å². The molecule has 1 atom stereocenters. The number of aromatic nitrogens is 1. The quantitative estimate of drug-likeness (QED) is 0.224. The molecular formula is C29H35ClN4O7S2. The van der Waals surface area contributed by atoms with E-state index in [2.05, 4.69) is 10.3 Å². The lowest BCUT2D eigenvalue weighted by atomic mass is 9.98. The van der Waals surface area contributed by atoms with Gasteiger partial charge < -0.3 is 10.4 Å². The monoisotopic (exact) mass is 650 g/mol. The predicted molar refractivity (Wildman–Crippen MR) is 165 cm³/mol. The van der Waals surface area contributed by atoms with Crippen molar-refractivity contribution < 1.29 is 31.5 Å². The molecular weight excluding hydrogens is 616 g/mol. The fourth-order valence-corrected chi connectivity index (χ4v) is 7.49. The second-order valence-corrected chi connectivity index (χ2v) is 14.2. The molecule has 0 saturated carbocycles. The van der Waals surface area contributed by atoms with Crippen molar-refractivity contribution in [2.24, 2.45) is 0 Å². The number of pyridine rings is 1. The molecule has 0 saturated heterocycles. The Bertz CT molecular complexity index is 1680. The summed E-state index contributed by atoms with van der Waals surface area (Å²) < 4.78 is 55.0. The molecule has 3 aromatic rings. The van der Waals surface area contributed by atoms with Gasteiger partial charge in [0.25, 0.3) is 0 Å². The number of carbonyl (C=O) groups is 2. The maximum absolute atomic E-state index is 14.0. The number of rotatable bonds is 15. The number of carbonyl (C=O) groups excluding carboxylic acids is 1. The average Bonchev–Trinajstić information content (AvgIpc) is 2.95. The molecule has 3 N–H and O–H groups in total. The Labute approximate surface area is 257 Å². The molecule has 1 aromatic heterocycles. The second-order valence-electron chi connectivity index (χ2n) is 9.96. The van der Waals surface area contributed by atoms with Crippen molar-refractivity contribution in [3.05, 3.63) is 82.6 Å². The van der Waals surface area contributed by atoms with Gasteiger partial charge in [-0.2, -0.15) is 4.31 Å². The van der Waals surface area contributed by atoms with Crippen molar-refractivity contribution in [2.45, 2.75) is 44.6 Å². The Morgan fingerprint density at radius 1 is 1.07 bits per heavy atom. The first kappa shape index (κ1) is 34.1. The molecule has 3 rings (SSSR count). The summed E-state index contributed by atoms with van der Waals surface area (Å²) in [6, 6.07) is 13.6. The van der Waals surface area contributed by atoms with Gasteiger partial charge in [-0.25, -0.2) is 21.6 Å². The summed E-state index contributed by atoms with van der Waals surface area (Å²) in [5.74, 6) is -2.29. The molecule has 11 nitrogen and oxygen atoms in total. The smallest absolute Gasteiger partial charge is 0.318 e. The summed E-state index contributed by atoms with van der Waals surface area (Å²) >= 11 is 6.27. The van der Waals surface area contributed by atoms with Gasteiger partial charge in [0.05, 0.1) is 10.6 Å². The van der Waals surface area contributed by atoms with Crippen molar-refractivity contribution in [1.29, 1.82) is 0 Å². The first-order chi connectivity index (χ1) is 20.2. The van der Waals surface area contributed by atoms with Crippen LogP contribution in [0.1, 0.15) is 42.5 Å². The highest BCUT2D eigenvalue weighted by Crippen LogP contribution is 2.33. The zero-order valence-electron chi connectivity index (χ0n) is 24.1. The van der Waals surface area contributed by atoms with Crippen molar-refractivity contribution in [3.63, 3.8) is 0 Å². The van der Waals surface area contributed by atoms with Gasteiger partial charge in [0.1, 0.15) is 6.54 Å². The van der Waals surface area contributed by atoms with E-state index >= 15 is 0 Å². The van der Waals surface area contributed by atoms with Crippen LogP contribution in [0.2, 0.25) is 5.02 Å². The molecule has 0 unspecified atom stereocenters. The molecule has 43 heavy (non-hydrogen) atoms. The minimum Gasteiger partial charge on any atom is -0.480 e. The van der Waals surface area contributed by atoms with Crippen LogP contribution in [0.5, 0.6) is 0 Å². The largest absolute Gasteiger partial charge is 0.480 e. The Morgan fingerprint density at radius 2 is 1.79 bits per heavy atom. The molecule has 0 radical (unpaired) electrons. The van der Waals surface area contributed by atoms with Crippen LogP contribution in [-0.4, -0.2) is 68.5 Å². The van der Waals surface area contributed by atoms with Crippen LogP contribution in [0, 0.1) is 13.8 Å². The Balaban J connectivity index is 1.80. The van der Waals surface area contributed by atoms with E-state index in [1.54, 1.807) is 38.4 Å². The SMILES string of the molecule is Cc1cnccc1-c1cccc([C@H](C)N(CCCC(=O)NCCS(=O)(=O)NCC(=O)O)S(=O)(=O)c2cccc(Cl)c2C)c1. The third-order valence-electron chi connectivity index (χ3n) is 6.86. The number of aryl methyl sites for hydroxylation is 1. The van der Waals surface area contributed by atoms with Crippen molar-refractivity contribution in [1.82, 2.24) is 19.3 Å². The fraction of sp³-hybridized carbons (Fsp3) is 0.345. The number of hydrogen-bond donors (Lipinski definition) is 3. The summed E-state index contributed by atoms with van der Waals surface area (Å²) in [5.41, 5.74) is 4.02. The van der Waals surface area contributed by atoms with Crippen LogP contribution in [0.25, 0.3) is 11.1 Å². The van der Waals surface area contributed by atoms with E-state index in [-0.39, 0.29) is 30.8 Å². The van der Waals surface area contributed by atoms with Crippen molar-refractivity contribution in [2.75, 3.05) is 25.4 Å². The van der Waals surface area contributed by atoms with Crippen LogP contribution in [0.4, 0.5) is 0 Å². The van der Waals surface area contributed by atoms with Gasteiger partial charge in [-0.1, -0.05) is 35.9 Å². The van der Waals surface area contributed by atoms with Gasteiger partial charge in [-0.3, -0.25) is 14.6 Å². The minimum absolute atomic E-state index is 0.000147. The lowest BCUT2D eigenvalue weighted by Crippen LogP contribution is -2.37. The number of nitrogens with one attached hydrogen (secondary N) is 2. The second kappa shape index (κ2) is 14.9. The molecule has 232 valence electrons. The van der Waals surface area contributed by atoms with E-state index in [1.807, 2.05) is 42.0 Å². The highest BCUT2D eigenvalue weighted by Gasteiger charge is 2.31. The number of amides is 1. The zero-order chi connectivity index (χ0) is 31.8. The van der Waals surface area contributed by atoms with Crippen molar-refractivity contribution >= 4 is 43.5 Å². The van der Waals surface area contributed by atoms with Gasteiger partial charge in [0, 0.05) is 43.0 Å². The number of hydrogen-bond acceptors (Lipinski definition) is 7. The maximum Gasteiger partial charge on any atom is 0.318 e. The molecule has 0 aliphatic carbocycles. The van der Waals surface area contributed by atoms with Gasteiger partial charge in [0.2, 0.25) is 26.0 Å². The van der Waals surface area contributed by atoms with Gasteiger partial charge in [0.15, 0.2) is 0 Å². The molecule has 1 heterocycles. The minimum atomic E-state index is -4.06. The lowest BCUT2D eigenvalue weighted by Gasteiger charge is -2.30. The van der Waals surface area contributed by atoms with Crippen LogP contribution in [0.3, 0.4) is 0 Å². The third kappa shape index (κ3) is 9.31. The number of sulfonamides is 2. The highest BCUT2D eigenvalue weighted by molar-refractivity contribution is 7.89. The van der Waals surface area contributed by atoms with E-state index in [0.717, 1.165) is 22.3 Å². The average molecular weight is 651 g/mol. The summed E-state index contributed by atoms with van der Waals surface area (Å²) in [7, 11) is -7.94. The molecule has 2 aromatic carbocycles. The summed E-state index contributed by atoms with van der Waals surface area (Å²) in [5, 5.41) is 11.4. The van der Waals surface area contributed by atoms with E-state index in [9.17, 15) is 26.4 Å². The Kier molecular flexibility index (Phi) is 11.8. The van der Waals surface area contributed by atoms with E-state index in [1.165, 1.54) is 10.4 Å². The molecule has 0 aliphatic heterocycles. The topological polar surface area (TPSA) is 163 Å². The fourth-order valence-electron chi connectivity index (χ4n) is 4.50. The Hall–Kier alpha value is -3.36. The number of benzene rings is 2. The molecule has 0 spiro atoms. The van der Waals surface area contributed by atoms with Crippen LogP contribution in [-0.2, 0) is 29.6 Å². The molecule has 0 aliphatic rings. The predicted octanol–water partition coefficient (Wildman–Crippen LogP) is 3.67. The standard InChI is InChI=1S/C29H35ClN4O7S2/c1-20-18-31-13-12-25(20)24-8-4-7-23(17-24)22(3)34(43(40,41)27-10-5-9-26(30)21(27)2)15-6-11-28(35)32-14-16-42(38,39)33-19-29(36)37/h4-5,7-10,12-13,17-18,22,33H,6,11,14-16,19H2,1-3H3,(H,32,35)(H,36,37)/t22-/m0/s1. The number of nitrogens with zero attached hydrogens (tertiary/aromatic N) is 2. The normalized spacial score (nSPS) is 12.7. The molecule has 14 heteroatoms. The van der Waals surface area contributed by atoms with E-state index in [0.29, 0.717) is 10.6 Å². The van der Waals surface area contributed by atoms with Crippen LogP contribution >= 0.6 is 11.6 Å². The summed E-state index contributed by atoms with van der Waals surface area (Å²) in [6.07, 6.45) is 3.55. The summed E-state index contributed by atoms with van der Waals surface area (Å²) in [6.45, 7) is 4.39. The number of carboxylic acids is 1. The van der Waals surface area contributed by atoms with E-state index in [4.69, 9.17) is 16.7 Å². The highest BCUT2D eigenvalue weighted by atomic mass is 35.5. The number of halogens is 1. The van der Waals surface area contributed by atoms with Crippen molar-refractivity contribution in [3.8, 4) is 11.1 Å². The Morgan fingerprint density at radius 3 is 2.49 bits per heavy atom. The van der Waals surface area contributed by atoms with Gasteiger partial charge in [-0.15, -0.1) is 0 Å². The first-order valence-electron chi connectivity index (χ1n) is 13.5. The molecule has 1 amide bonds. The first-order valence-corrected chi connectivity index (χ1v) is 16.9. The number of aliphatic carboxylic acids is 1. The maximum atomic E-state index is 14.0. The van der Waals surface area contributed by atoms with Crippen LogP contribution < -0.4 is 10.0 Å². The molecule has 0 bridgehead atoms. The third-order valence-corrected chi connectivity index (χ3v) is 10.7. The zero-order valence-corrected chi connectivity index (χ0v) is 26.5. The molecule has 0 fully saturated rings. The van der Waals surface area contributed by atoms with E-state index < -0.39 is 50.3 Å². The lowest BCUT2D eigenvalue weighted by molar-refractivity contribution is -0.135. The van der Waals surface area contributed by atoms with Gasteiger partial charge in [-0.05, 0) is 79.3 Å².